The number of anilines is 2. The first kappa shape index (κ1) is 43.2. The lowest BCUT2D eigenvalue weighted by molar-refractivity contribution is -0.384. The normalized spacial score (nSPS) is 25.3. The Morgan fingerprint density at radius 1 is 0.969 bits per heavy atom. The summed E-state index contributed by atoms with van der Waals surface area (Å²) in [5.41, 5.74) is 5.72. The SMILES string of the molecule is CC1(C)CCC(CN2CCN(c3ccc(C(=O)NS(=O)(=O)c4ccc(NCCN5CC6(CCCCC6)C5)c([N+](=O)[O-])c4)c(Oc4cnc5[nH]ccc5c4)c3)CC2)=C(C23CC(Cl)(C2)C3)C1. The molecule has 0 atom stereocenters. The first-order valence-corrected chi connectivity index (χ1v) is 24.9. The Morgan fingerprint density at radius 3 is 2.47 bits per heavy atom. The molecule has 64 heavy (non-hydrogen) atoms. The molecule has 2 aromatic carbocycles. The lowest BCUT2D eigenvalue weighted by Crippen LogP contribution is -2.65. The van der Waals surface area contributed by atoms with Crippen LogP contribution in [0, 0.1) is 26.4 Å². The van der Waals surface area contributed by atoms with Crippen LogP contribution in [-0.2, 0) is 10.0 Å². The molecule has 2 saturated heterocycles. The molecular formula is C48H59ClN8O6S. The summed E-state index contributed by atoms with van der Waals surface area (Å²) in [4.78, 5) is 39.9. The van der Waals surface area contributed by atoms with E-state index in [0.717, 1.165) is 102 Å². The first-order chi connectivity index (χ1) is 30.6. The van der Waals surface area contributed by atoms with Crippen LogP contribution >= 0.6 is 11.6 Å². The maximum atomic E-state index is 14.0. The Balaban J connectivity index is 0.829. The number of rotatable bonds is 14. The van der Waals surface area contributed by atoms with Crippen LogP contribution in [0.1, 0.15) is 94.8 Å². The second-order valence-electron chi connectivity index (χ2n) is 20.6. The third kappa shape index (κ3) is 8.49. The van der Waals surface area contributed by atoms with Crippen molar-refractivity contribution in [3.8, 4) is 11.5 Å². The van der Waals surface area contributed by atoms with Crippen molar-refractivity contribution in [3.05, 3.63) is 87.7 Å². The minimum Gasteiger partial charge on any atom is -0.455 e. The Hall–Kier alpha value is -4.70. The van der Waals surface area contributed by atoms with Crippen molar-refractivity contribution in [3.63, 3.8) is 0 Å². The Bertz CT molecular complexity index is 2600. The number of H-pyrrole nitrogens is 1. The molecule has 14 nitrogen and oxygen atoms in total. The molecule has 4 heterocycles. The number of sulfonamides is 1. The molecule has 4 aromatic rings. The first-order valence-electron chi connectivity index (χ1n) is 23.0. The van der Waals surface area contributed by atoms with Crippen LogP contribution in [0.2, 0.25) is 0 Å². The highest BCUT2D eigenvalue weighted by molar-refractivity contribution is 7.90. The summed E-state index contributed by atoms with van der Waals surface area (Å²) in [6.45, 7) is 12.4. The van der Waals surface area contributed by atoms with Gasteiger partial charge in [-0.1, -0.05) is 44.3 Å². The van der Waals surface area contributed by atoms with Crippen molar-refractivity contribution in [1.82, 2.24) is 24.5 Å². The number of alkyl halides is 1. The fourth-order valence-electron chi connectivity index (χ4n) is 11.8. The lowest BCUT2D eigenvalue weighted by Gasteiger charge is -2.70. The summed E-state index contributed by atoms with van der Waals surface area (Å²) < 4.78 is 36.0. The smallest absolute Gasteiger partial charge is 0.293 e. The van der Waals surface area contributed by atoms with Gasteiger partial charge in [-0.2, -0.15) is 0 Å². The summed E-state index contributed by atoms with van der Waals surface area (Å²) in [7, 11) is -4.54. The summed E-state index contributed by atoms with van der Waals surface area (Å²) in [5.74, 6) is -0.404. The average molecular weight is 912 g/mol. The molecule has 0 unspecified atom stereocenters. The molecule has 2 bridgehead atoms. The topological polar surface area (TPSA) is 166 Å². The number of carbonyl (C=O) groups is 1. The zero-order chi connectivity index (χ0) is 44.5. The van der Waals surface area contributed by atoms with E-state index < -0.39 is 25.7 Å². The van der Waals surface area contributed by atoms with Crippen LogP contribution in [-0.4, -0.2) is 103 Å². The monoisotopic (exact) mass is 910 g/mol. The zero-order valence-electron chi connectivity index (χ0n) is 36.9. The molecule has 16 heteroatoms. The Kier molecular flexibility index (Phi) is 11.0. The van der Waals surface area contributed by atoms with E-state index in [1.807, 2.05) is 12.1 Å². The van der Waals surface area contributed by atoms with Crippen molar-refractivity contribution >= 4 is 55.6 Å². The Morgan fingerprint density at radius 2 is 1.73 bits per heavy atom. The molecule has 6 fully saturated rings. The Labute approximate surface area is 380 Å². The van der Waals surface area contributed by atoms with Gasteiger partial charge in [-0.05, 0) is 104 Å². The summed E-state index contributed by atoms with van der Waals surface area (Å²) >= 11 is 6.75. The van der Waals surface area contributed by atoms with Gasteiger partial charge in [0.25, 0.3) is 21.6 Å². The highest BCUT2D eigenvalue weighted by Crippen LogP contribution is 2.75. The molecule has 1 amide bonds. The van der Waals surface area contributed by atoms with E-state index in [1.165, 1.54) is 50.7 Å². The number of nitrogens with one attached hydrogen (secondary N) is 3. The minimum absolute atomic E-state index is 0.0130. The average Bonchev–Trinajstić information content (AvgIpc) is 3.71. The third-order valence-corrected chi connectivity index (χ3v) is 17.0. The van der Waals surface area contributed by atoms with Gasteiger partial charge in [0.15, 0.2) is 0 Å². The summed E-state index contributed by atoms with van der Waals surface area (Å²) in [6.07, 6.45) is 16.6. The molecule has 0 radical (unpaired) electrons. The molecule has 11 rings (SSSR count). The van der Waals surface area contributed by atoms with Gasteiger partial charge >= 0.3 is 0 Å². The van der Waals surface area contributed by atoms with E-state index in [9.17, 15) is 23.3 Å². The number of hydrogen-bond acceptors (Lipinski definition) is 11. The van der Waals surface area contributed by atoms with Crippen molar-refractivity contribution < 1.29 is 22.9 Å². The highest BCUT2D eigenvalue weighted by atomic mass is 35.5. The molecule has 4 saturated carbocycles. The number of amides is 1. The van der Waals surface area contributed by atoms with Gasteiger partial charge in [0.05, 0.1) is 21.6 Å². The number of halogens is 1. The van der Waals surface area contributed by atoms with Gasteiger partial charge in [0.1, 0.15) is 22.8 Å². The summed E-state index contributed by atoms with van der Waals surface area (Å²) in [6, 6.07) is 12.5. The van der Waals surface area contributed by atoms with E-state index in [1.54, 1.807) is 41.7 Å². The molecular weight excluding hydrogens is 852 g/mol. The van der Waals surface area contributed by atoms with Crippen LogP contribution in [0.15, 0.2) is 77.0 Å². The largest absolute Gasteiger partial charge is 0.455 e. The number of ether oxygens (including phenoxy) is 1. The number of piperazine rings is 1. The molecule has 7 aliphatic rings. The molecule has 3 N–H and O–H groups in total. The van der Waals surface area contributed by atoms with Crippen LogP contribution in [0.4, 0.5) is 17.1 Å². The fourth-order valence-corrected chi connectivity index (χ4v) is 13.6. The van der Waals surface area contributed by atoms with Crippen LogP contribution in [0.3, 0.4) is 0 Å². The van der Waals surface area contributed by atoms with Gasteiger partial charge in [-0.3, -0.25) is 19.8 Å². The second-order valence-corrected chi connectivity index (χ2v) is 23.1. The predicted octanol–water partition coefficient (Wildman–Crippen LogP) is 8.85. The quantitative estimate of drug-likeness (QED) is 0.0479. The highest BCUT2D eigenvalue weighted by Gasteiger charge is 2.69. The van der Waals surface area contributed by atoms with E-state index in [0.29, 0.717) is 34.2 Å². The number of carbonyl (C=O) groups excluding carboxylic acids is 1. The molecule has 1 spiro atoms. The standard InChI is InChI=1S/C48H59ClN8O6S/c1-45(2)14-10-34(39(25-45)47-28-48(49,29-47)30-47)27-54-18-20-56(21-19-54)35-6-8-38(42(23-35)63-36-22-33-11-15-51-43(33)52-26-36)44(58)53-64(61,62)37-7-9-40(41(24-37)57(59)60)50-16-17-55-31-46(32-55)12-4-3-5-13-46/h6-9,11,15,22-24,26,50H,3-5,10,12-14,16-21,25,27-32H2,1-2H3,(H,51,52)(H,53,58). The predicted molar refractivity (Wildman–Crippen MR) is 249 cm³/mol. The molecule has 5 aliphatic carbocycles. The minimum atomic E-state index is -4.54. The van der Waals surface area contributed by atoms with Gasteiger partial charge < -0.3 is 24.8 Å². The number of likely N-dealkylation sites (tertiary alicyclic amines) is 1. The van der Waals surface area contributed by atoms with Crippen molar-refractivity contribution in [1.29, 1.82) is 0 Å². The van der Waals surface area contributed by atoms with Crippen LogP contribution in [0.5, 0.6) is 11.5 Å². The third-order valence-electron chi connectivity index (χ3n) is 15.2. The fraction of sp³-hybridized carbons (Fsp3) is 0.542. The van der Waals surface area contributed by atoms with E-state index >= 15 is 0 Å². The number of nitro groups is 1. The van der Waals surface area contributed by atoms with Crippen LogP contribution in [0.25, 0.3) is 11.0 Å². The van der Waals surface area contributed by atoms with E-state index in [4.69, 9.17) is 16.3 Å². The zero-order valence-corrected chi connectivity index (χ0v) is 38.5. The van der Waals surface area contributed by atoms with Crippen LogP contribution < -0.4 is 19.7 Å². The molecule has 340 valence electrons. The summed E-state index contributed by atoms with van der Waals surface area (Å²) in [5, 5.41) is 16.1. The number of benzene rings is 2. The maximum absolute atomic E-state index is 14.0. The number of allylic oxidation sites excluding steroid dienone is 1. The van der Waals surface area contributed by atoms with E-state index in [2.05, 4.69) is 48.6 Å². The van der Waals surface area contributed by atoms with Gasteiger partial charge in [0, 0.05) is 93.2 Å². The second kappa shape index (κ2) is 16.3. The van der Waals surface area contributed by atoms with Gasteiger partial charge in [-0.25, -0.2) is 18.1 Å². The van der Waals surface area contributed by atoms with Gasteiger partial charge in [0.2, 0.25) is 0 Å². The lowest BCUT2D eigenvalue weighted by atomic mass is 9.39. The number of nitrogens with zero attached hydrogens (tertiary/aromatic N) is 5. The number of aromatic nitrogens is 2. The van der Waals surface area contributed by atoms with Gasteiger partial charge in [-0.15, -0.1) is 11.6 Å². The number of aromatic amines is 1. The molecule has 2 aliphatic heterocycles. The molecule has 2 aromatic heterocycles. The van der Waals surface area contributed by atoms with Crippen molar-refractivity contribution in [2.45, 2.75) is 94.2 Å². The van der Waals surface area contributed by atoms with Crippen molar-refractivity contribution in [2.24, 2.45) is 16.2 Å². The van der Waals surface area contributed by atoms with Crippen molar-refractivity contribution in [2.75, 3.05) is 69.1 Å². The van der Waals surface area contributed by atoms with E-state index in [-0.39, 0.29) is 27.6 Å². The number of pyridine rings is 1. The number of nitro benzene ring substituents is 1. The number of fused-ring (bicyclic) bond motifs is 1. The number of hydrogen-bond donors (Lipinski definition) is 3. The maximum Gasteiger partial charge on any atom is 0.293 e.